The molecule has 2 aromatic rings. The molecule has 2 saturated heterocycles. The van der Waals surface area contributed by atoms with E-state index in [0.717, 1.165) is 45.5 Å². The number of likely N-dealkylation sites (tertiary alicyclic amines) is 1. The first-order chi connectivity index (χ1) is 15.7. The van der Waals surface area contributed by atoms with Gasteiger partial charge in [0.2, 0.25) is 0 Å². The largest absolute Gasteiger partial charge is 0.444 e. The molecule has 1 aromatic carbocycles. The van der Waals surface area contributed by atoms with Crippen molar-refractivity contribution in [1.29, 1.82) is 0 Å². The van der Waals surface area contributed by atoms with E-state index in [1.54, 1.807) is 11.3 Å². The zero-order valence-corrected chi connectivity index (χ0v) is 21.8. The predicted molar refractivity (Wildman–Crippen MR) is 134 cm³/mol. The van der Waals surface area contributed by atoms with E-state index in [-0.39, 0.29) is 24.1 Å². The molecule has 2 aliphatic heterocycles. The highest BCUT2D eigenvalue weighted by molar-refractivity contribution is 9.10. The molecule has 7 nitrogen and oxygen atoms in total. The molecule has 2 bridgehead atoms. The van der Waals surface area contributed by atoms with Crippen LogP contribution in [0.25, 0.3) is 10.2 Å². The molecule has 1 aromatic heterocycles. The summed E-state index contributed by atoms with van der Waals surface area (Å²) in [6.07, 6.45) is 6.36. The third-order valence-corrected chi connectivity index (χ3v) is 8.36. The van der Waals surface area contributed by atoms with E-state index < -0.39 is 5.60 Å². The molecule has 2 unspecified atom stereocenters. The summed E-state index contributed by atoms with van der Waals surface area (Å²) in [5.74, 6) is -0.00880. The van der Waals surface area contributed by atoms with Gasteiger partial charge in [0.15, 0.2) is 5.13 Å². The molecule has 2 amide bonds. The lowest BCUT2D eigenvalue weighted by molar-refractivity contribution is 0.0209. The van der Waals surface area contributed by atoms with Crippen LogP contribution >= 0.6 is 27.3 Å². The number of ether oxygens (including phenoxy) is 1. The second kappa shape index (κ2) is 8.73. The van der Waals surface area contributed by atoms with Gasteiger partial charge in [0.25, 0.3) is 5.91 Å². The first-order valence-electron chi connectivity index (χ1n) is 11.8. The molecule has 0 spiro atoms. The maximum absolute atomic E-state index is 12.8. The van der Waals surface area contributed by atoms with Crippen molar-refractivity contribution in [3.05, 3.63) is 22.2 Å². The quantitative estimate of drug-likeness (QED) is 0.576. The van der Waals surface area contributed by atoms with Crippen molar-refractivity contribution in [2.45, 2.75) is 83.0 Å². The Bertz CT molecular complexity index is 1060. The van der Waals surface area contributed by atoms with Crippen LogP contribution in [-0.2, 0) is 4.74 Å². The number of amides is 2. The highest BCUT2D eigenvalue weighted by atomic mass is 79.9. The number of aromatic nitrogens is 1. The summed E-state index contributed by atoms with van der Waals surface area (Å²) in [6, 6.07) is 4.61. The minimum Gasteiger partial charge on any atom is -0.444 e. The van der Waals surface area contributed by atoms with Crippen molar-refractivity contribution in [3.63, 3.8) is 0 Å². The fraction of sp³-hybridized carbons (Fsp3) is 0.625. The van der Waals surface area contributed by atoms with Gasteiger partial charge in [-0.05, 0) is 74.5 Å². The average molecular weight is 536 g/mol. The average Bonchev–Trinajstić information content (AvgIpc) is 3.44. The third-order valence-electron chi connectivity index (χ3n) is 6.74. The Kier molecular flexibility index (Phi) is 6.05. The number of piperazine rings is 1. The molecule has 5 rings (SSSR count). The third kappa shape index (κ3) is 4.71. The molecular weight excluding hydrogens is 504 g/mol. The molecule has 0 radical (unpaired) electrons. The lowest BCUT2D eigenvalue weighted by atomic mass is 10.1. The van der Waals surface area contributed by atoms with Crippen LogP contribution < -0.4 is 10.2 Å². The summed E-state index contributed by atoms with van der Waals surface area (Å²) in [7, 11) is 0. The van der Waals surface area contributed by atoms with Crippen LogP contribution in [0.15, 0.2) is 16.6 Å². The highest BCUT2D eigenvalue weighted by Gasteiger charge is 2.43. The minimum atomic E-state index is -0.492. The second-order valence-electron chi connectivity index (χ2n) is 10.4. The number of hydrogen-bond acceptors (Lipinski definition) is 6. The summed E-state index contributed by atoms with van der Waals surface area (Å²) in [6.45, 7) is 7.00. The number of carbonyl (C=O) groups is 2. The van der Waals surface area contributed by atoms with Gasteiger partial charge < -0.3 is 19.9 Å². The van der Waals surface area contributed by atoms with Crippen molar-refractivity contribution < 1.29 is 14.3 Å². The van der Waals surface area contributed by atoms with Crippen LogP contribution in [0.5, 0.6) is 0 Å². The smallest absolute Gasteiger partial charge is 0.410 e. The summed E-state index contributed by atoms with van der Waals surface area (Å²) < 4.78 is 7.45. The Morgan fingerprint density at radius 2 is 1.79 bits per heavy atom. The number of halogens is 1. The number of fused-ring (bicyclic) bond motifs is 3. The fourth-order valence-corrected chi connectivity index (χ4v) is 7.10. The predicted octanol–water partition coefficient (Wildman–Crippen LogP) is 5.32. The monoisotopic (exact) mass is 534 g/mol. The number of rotatable bonds is 3. The first-order valence-corrected chi connectivity index (χ1v) is 13.5. The number of anilines is 1. The lowest BCUT2D eigenvalue weighted by Gasteiger charge is -2.41. The molecule has 1 aliphatic carbocycles. The molecule has 1 saturated carbocycles. The highest BCUT2D eigenvalue weighted by Crippen LogP contribution is 2.41. The van der Waals surface area contributed by atoms with Gasteiger partial charge in [-0.15, -0.1) is 0 Å². The van der Waals surface area contributed by atoms with Gasteiger partial charge in [0, 0.05) is 41.3 Å². The van der Waals surface area contributed by atoms with Gasteiger partial charge in [-0.25, -0.2) is 9.78 Å². The number of carbonyl (C=O) groups excluding carboxylic acids is 2. The number of nitrogens with zero attached hydrogens (tertiary/aromatic N) is 3. The zero-order chi connectivity index (χ0) is 23.3. The summed E-state index contributed by atoms with van der Waals surface area (Å²) in [5.41, 5.74) is 1.07. The SMILES string of the molecule is CC(C)(C)OC(=O)N1CC2CCC(C1)N2c1nc2c(Br)cc(C(=O)NC3CCCC3)cc2s1. The topological polar surface area (TPSA) is 74.8 Å². The summed E-state index contributed by atoms with van der Waals surface area (Å²) in [5, 5.41) is 4.15. The summed E-state index contributed by atoms with van der Waals surface area (Å²) >= 11 is 5.27. The van der Waals surface area contributed by atoms with Crippen LogP contribution in [0.3, 0.4) is 0 Å². The first kappa shape index (κ1) is 22.9. The molecule has 3 aliphatic rings. The Morgan fingerprint density at radius 3 is 2.42 bits per heavy atom. The van der Waals surface area contributed by atoms with Gasteiger partial charge in [-0.3, -0.25) is 4.79 Å². The van der Waals surface area contributed by atoms with Gasteiger partial charge >= 0.3 is 6.09 Å². The van der Waals surface area contributed by atoms with Crippen LogP contribution in [0, 0.1) is 0 Å². The van der Waals surface area contributed by atoms with Crippen molar-refractivity contribution in [2.75, 3.05) is 18.0 Å². The second-order valence-corrected chi connectivity index (χ2v) is 12.3. The van der Waals surface area contributed by atoms with Gasteiger partial charge in [0.1, 0.15) is 5.60 Å². The van der Waals surface area contributed by atoms with Crippen LogP contribution in [-0.4, -0.2) is 58.7 Å². The molecule has 3 fully saturated rings. The maximum Gasteiger partial charge on any atom is 0.410 e. The van der Waals surface area contributed by atoms with Crippen LogP contribution in [0.2, 0.25) is 0 Å². The van der Waals surface area contributed by atoms with E-state index in [9.17, 15) is 9.59 Å². The Hall–Kier alpha value is -1.87. The number of benzene rings is 1. The molecular formula is C24H31BrN4O3S. The molecule has 33 heavy (non-hydrogen) atoms. The zero-order valence-electron chi connectivity index (χ0n) is 19.4. The van der Waals surface area contributed by atoms with Gasteiger partial charge in [0.05, 0.1) is 10.2 Å². The fourth-order valence-electron chi connectivity index (χ4n) is 5.25. The summed E-state index contributed by atoms with van der Waals surface area (Å²) in [4.78, 5) is 34.6. The van der Waals surface area contributed by atoms with E-state index >= 15 is 0 Å². The Labute approximate surface area is 207 Å². The van der Waals surface area contributed by atoms with Crippen LogP contribution in [0.4, 0.5) is 9.93 Å². The number of thiazole rings is 1. The standard InChI is InChI=1S/C24H31BrN4O3S/c1-24(2,3)32-23(31)28-12-16-8-9-17(13-28)29(16)22-27-20-18(25)10-14(11-19(20)33-22)21(30)26-15-6-4-5-7-15/h10-11,15-17H,4-9,12-13H2,1-3H3,(H,26,30). The maximum atomic E-state index is 12.8. The van der Waals surface area contributed by atoms with E-state index in [2.05, 4.69) is 26.1 Å². The Balaban J connectivity index is 1.35. The van der Waals surface area contributed by atoms with E-state index in [4.69, 9.17) is 9.72 Å². The molecule has 3 heterocycles. The normalized spacial score (nSPS) is 23.4. The number of nitrogens with one attached hydrogen (secondary N) is 1. The Morgan fingerprint density at radius 1 is 1.12 bits per heavy atom. The van der Waals surface area contributed by atoms with E-state index in [1.165, 1.54) is 12.8 Å². The van der Waals surface area contributed by atoms with Crippen molar-refractivity contribution in [3.8, 4) is 0 Å². The molecule has 9 heteroatoms. The van der Waals surface area contributed by atoms with E-state index in [1.807, 2.05) is 37.8 Å². The lowest BCUT2D eigenvalue weighted by Crippen LogP contribution is -2.56. The molecule has 178 valence electrons. The number of hydrogen-bond donors (Lipinski definition) is 1. The minimum absolute atomic E-state index is 0.00880. The molecule has 2 atom stereocenters. The van der Waals surface area contributed by atoms with E-state index in [0.29, 0.717) is 24.7 Å². The van der Waals surface area contributed by atoms with Gasteiger partial charge in [-0.1, -0.05) is 24.2 Å². The van der Waals surface area contributed by atoms with Crippen LogP contribution in [0.1, 0.15) is 69.7 Å². The molecule has 1 N–H and O–H groups in total. The van der Waals surface area contributed by atoms with Crippen molar-refractivity contribution in [2.24, 2.45) is 0 Å². The van der Waals surface area contributed by atoms with Crippen molar-refractivity contribution in [1.82, 2.24) is 15.2 Å². The van der Waals surface area contributed by atoms with Gasteiger partial charge in [-0.2, -0.15) is 0 Å². The van der Waals surface area contributed by atoms with Crippen molar-refractivity contribution >= 4 is 54.6 Å².